The summed E-state index contributed by atoms with van der Waals surface area (Å²) in [6.07, 6.45) is 7.73. The van der Waals surface area contributed by atoms with Crippen molar-refractivity contribution >= 4 is 5.97 Å². The number of carboxylic acids is 1. The van der Waals surface area contributed by atoms with Gasteiger partial charge in [-0.2, -0.15) is 0 Å². The van der Waals surface area contributed by atoms with Crippen LogP contribution in [0, 0.1) is 5.92 Å². The molecule has 0 aromatic carbocycles. The van der Waals surface area contributed by atoms with Gasteiger partial charge in [0.15, 0.2) is 0 Å². The Kier molecular flexibility index (Phi) is 9.67. The van der Waals surface area contributed by atoms with Crippen molar-refractivity contribution < 1.29 is 20.1 Å². The Hall–Kier alpha value is -1.39. The van der Waals surface area contributed by atoms with Crippen LogP contribution < -0.4 is 0 Å². The highest BCUT2D eigenvalue weighted by Gasteiger charge is 2.08. The van der Waals surface area contributed by atoms with Gasteiger partial charge in [0.05, 0.1) is 12.2 Å². The van der Waals surface area contributed by atoms with Gasteiger partial charge in [0, 0.05) is 6.08 Å². The van der Waals surface area contributed by atoms with Gasteiger partial charge in [-0.3, -0.25) is 0 Å². The maximum Gasteiger partial charge on any atom is 0.328 e. The number of hydrogen-bond donors (Lipinski definition) is 3. The maximum absolute atomic E-state index is 10.4. The van der Waals surface area contributed by atoms with Gasteiger partial charge < -0.3 is 15.3 Å². The number of carbonyl (C=O) groups is 1. The van der Waals surface area contributed by atoms with Crippen molar-refractivity contribution in [1.29, 1.82) is 0 Å². The molecule has 3 N–H and O–H groups in total. The number of rotatable bonds is 9. The Morgan fingerprint density at radius 3 is 2.24 bits per heavy atom. The highest BCUT2D eigenvalue weighted by atomic mass is 16.4. The number of allylic oxidation sites excluding steroid dienone is 3. The van der Waals surface area contributed by atoms with Gasteiger partial charge in [-0.1, -0.05) is 30.7 Å². The normalized spacial score (nSPS) is 17.8. The Balaban J connectivity index is 4.29. The van der Waals surface area contributed by atoms with Gasteiger partial charge in [0.25, 0.3) is 0 Å². The molecule has 21 heavy (non-hydrogen) atoms. The van der Waals surface area contributed by atoms with Gasteiger partial charge in [-0.15, -0.1) is 0 Å². The first-order valence-corrected chi connectivity index (χ1v) is 7.34. The molecule has 0 heterocycles. The second-order valence-corrected chi connectivity index (χ2v) is 5.61. The second kappa shape index (κ2) is 10.4. The van der Waals surface area contributed by atoms with Crippen molar-refractivity contribution in [3.8, 4) is 0 Å². The van der Waals surface area contributed by atoms with E-state index in [2.05, 4.69) is 0 Å². The van der Waals surface area contributed by atoms with Crippen LogP contribution in [0.15, 0.2) is 35.5 Å². The molecule has 0 saturated carbocycles. The second-order valence-electron chi connectivity index (χ2n) is 5.61. The van der Waals surface area contributed by atoms with Crippen LogP contribution in [0.3, 0.4) is 0 Å². The van der Waals surface area contributed by atoms with E-state index in [0.29, 0.717) is 6.42 Å². The Labute approximate surface area is 127 Å². The van der Waals surface area contributed by atoms with E-state index < -0.39 is 12.1 Å². The standard InChI is InChI=1S/C17H28O4/c1-12(9-11-17(20)21)8-10-16(19)14(3)7-5-6-13(2)15(4)18/h7-9,11,13,15-16,18-19H,5-6,10H2,1-4H3,(H,20,21)/b11-9+,12-8+,14-7+/t13-,15-,16-/m0/s1. The summed E-state index contributed by atoms with van der Waals surface area (Å²) in [5, 5.41) is 27.9. The summed E-state index contributed by atoms with van der Waals surface area (Å²) in [6.45, 7) is 7.48. The third-order valence-electron chi connectivity index (χ3n) is 3.59. The Bertz CT molecular complexity index is 405. The maximum atomic E-state index is 10.4. The van der Waals surface area contributed by atoms with E-state index in [1.807, 2.05) is 26.0 Å². The highest BCUT2D eigenvalue weighted by molar-refractivity contribution is 5.80. The number of hydrogen-bond acceptors (Lipinski definition) is 3. The van der Waals surface area contributed by atoms with E-state index >= 15 is 0 Å². The van der Waals surface area contributed by atoms with Gasteiger partial charge in [-0.05, 0) is 51.5 Å². The largest absolute Gasteiger partial charge is 0.478 e. The molecule has 0 rings (SSSR count). The van der Waals surface area contributed by atoms with Crippen molar-refractivity contribution in [2.24, 2.45) is 5.92 Å². The van der Waals surface area contributed by atoms with E-state index in [0.717, 1.165) is 30.1 Å². The van der Waals surface area contributed by atoms with Crippen LogP contribution in [0.25, 0.3) is 0 Å². The minimum absolute atomic E-state index is 0.245. The average molecular weight is 296 g/mol. The topological polar surface area (TPSA) is 77.8 Å². The summed E-state index contributed by atoms with van der Waals surface area (Å²) in [5.41, 5.74) is 1.71. The van der Waals surface area contributed by atoms with E-state index in [1.165, 1.54) is 6.08 Å². The summed E-state index contributed by atoms with van der Waals surface area (Å²) in [7, 11) is 0. The van der Waals surface area contributed by atoms with Crippen molar-refractivity contribution in [1.82, 2.24) is 0 Å². The number of aliphatic carboxylic acids is 1. The molecular formula is C17H28O4. The fraction of sp³-hybridized carbons (Fsp3) is 0.588. The third kappa shape index (κ3) is 10.0. The number of aliphatic hydroxyl groups is 2. The molecule has 0 aliphatic carbocycles. The molecule has 4 heteroatoms. The zero-order chi connectivity index (χ0) is 16.4. The van der Waals surface area contributed by atoms with E-state index in [1.54, 1.807) is 13.8 Å². The Morgan fingerprint density at radius 1 is 1.10 bits per heavy atom. The van der Waals surface area contributed by atoms with E-state index in [4.69, 9.17) is 5.11 Å². The molecule has 0 fully saturated rings. The van der Waals surface area contributed by atoms with Crippen LogP contribution in [-0.2, 0) is 4.79 Å². The summed E-state index contributed by atoms with van der Waals surface area (Å²) < 4.78 is 0. The molecular weight excluding hydrogens is 268 g/mol. The molecule has 4 nitrogen and oxygen atoms in total. The van der Waals surface area contributed by atoms with Crippen molar-refractivity contribution in [2.75, 3.05) is 0 Å². The predicted octanol–water partition coefficient (Wildman–Crippen LogP) is 3.07. The highest BCUT2D eigenvalue weighted by Crippen LogP contribution is 2.14. The smallest absolute Gasteiger partial charge is 0.328 e. The molecule has 0 saturated heterocycles. The average Bonchev–Trinajstić information content (AvgIpc) is 2.41. The number of aliphatic hydroxyl groups excluding tert-OH is 2. The summed E-state index contributed by atoms with van der Waals surface area (Å²) in [6, 6.07) is 0. The van der Waals surface area contributed by atoms with Crippen LogP contribution in [0.4, 0.5) is 0 Å². The molecule has 0 unspecified atom stereocenters. The van der Waals surface area contributed by atoms with Crippen molar-refractivity contribution in [3.63, 3.8) is 0 Å². The van der Waals surface area contributed by atoms with Gasteiger partial charge in [-0.25, -0.2) is 4.79 Å². The number of carboxylic acid groups (broad SMARTS) is 1. The quantitative estimate of drug-likeness (QED) is 0.347. The SMILES string of the molecule is CC(/C=C/C(=O)O)=C\C[C@H](O)/C(C)=C/CC[C@H](C)[C@H](C)O. The summed E-state index contributed by atoms with van der Waals surface area (Å²) in [4.78, 5) is 10.4. The molecule has 0 aromatic heterocycles. The van der Waals surface area contributed by atoms with Crippen LogP contribution in [0.2, 0.25) is 0 Å². The van der Waals surface area contributed by atoms with Crippen LogP contribution in [0.5, 0.6) is 0 Å². The Morgan fingerprint density at radius 2 is 1.71 bits per heavy atom. The van der Waals surface area contributed by atoms with Crippen molar-refractivity contribution in [3.05, 3.63) is 35.5 Å². The molecule has 0 amide bonds. The first-order valence-electron chi connectivity index (χ1n) is 7.34. The predicted molar refractivity (Wildman–Crippen MR) is 85.0 cm³/mol. The monoisotopic (exact) mass is 296 g/mol. The minimum atomic E-state index is -0.980. The molecule has 0 aliphatic rings. The lowest BCUT2D eigenvalue weighted by Crippen LogP contribution is -2.12. The van der Waals surface area contributed by atoms with E-state index in [9.17, 15) is 15.0 Å². The van der Waals surface area contributed by atoms with Gasteiger partial charge in [0.1, 0.15) is 0 Å². The van der Waals surface area contributed by atoms with Crippen LogP contribution >= 0.6 is 0 Å². The fourth-order valence-corrected chi connectivity index (χ4v) is 1.71. The lowest BCUT2D eigenvalue weighted by atomic mass is 9.98. The fourth-order valence-electron chi connectivity index (χ4n) is 1.71. The zero-order valence-corrected chi connectivity index (χ0v) is 13.4. The molecule has 0 radical (unpaired) electrons. The lowest BCUT2D eigenvalue weighted by molar-refractivity contribution is -0.131. The van der Waals surface area contributed by atoms with E-state index in [-0.39, 0.29) is 12.0 Å². The van der Waals surface area contributed by atoms with Crippen molar-refractivity contribution in [2.45, 2.75) is 59.2 Å². The summed E-state index contributed by atoms with van der Waals surface area (Å²) >= 11 is 0. The lowest BCUT2D eigenvalue weighted by Gasteiger charge is -2.14. The molecule has 0 bridgehead atoms. The molecule has 0 aliphatic heterocycles. The zero-order valence-electron chi connectivity index (χ0n) is 13.4. The molecule has 120 valence electrons. The third-order valence-corrected chi connectivity index (χ3v) is 3.59. The molecule has 3 atom stereocenters. The van der Waals surface area contributed by atoms with Crippen LogP contribution in [0.1, 0.15) is 47.0 Å². The first-order chi connectivity index (χ1) is 9.73. The van der Waals surface area contributed by atoms with Crippen LogP contribution in [-0.4, -0.2) is 33.5 Å². The molecule has 0 spiro atoms. The first kappa shape index (κ1) is 19.6. The molecule has 0 aromatic rings. The minimum Gasteiger partial charge on any atom is -0.478 e. The summed E-state index contributed by atoms with van der Waals surface area (Å²) in [5.74, 6) is -0.735. The van der Waals surface area contributed by atoms with Gasteiger partial charge in [0.2, 0.25) is 0 Å². The van der Waals surface area contributed by atoms with Gasteiger partial charge >= 0.3 is 5.97 Å².